The Morgan fingerprint density at radius 3 is 1.58 bits per heavy atom. The summed E-state index contributed by atoms with van der Waals surface area (Å²) in [6.45, 7) is 15.6. The van der Waals surface area contributed by atoms with E-state index in [9.17, 15) is 5.26 Å². The molecule has 2 aromatic heterocycles. The van der Waals surface area contributed by atoms with E-state index in [-0.39, 0.29) is 0 Å². The van der Waals surface area contributed by atoms with Crippen molar-refractivity contribution in [2.24, 2.45) is 0 Å². The van der Waals surface area contributed by atoms with Crippen LogP contribution in [0.25, 0.3) is 86.9 Å². The molecule has 230 valence electrons. The van der Waals surface area contributed by atoms with Crippen molar-refractivity contribution in [2.45, 2.75) is 0 Å². The molecule has 0 fully saturated rings. The summed E-state index contributed by atoms with van der Waals surface area (Å²) in [5.74, 6) is 0. The van der Waals surface area contributed by atoms with Crippen LogP contribution in [-0.2, 0) is 0 Å². The van der Waals surface area contributed by atoms with Gasteiger partial charge < -0.3 is 9.13 Å². The molecule has 5 heteroatoms. The van der Waals surface area contributed by atoms with Crippen LogP contribution in [0.2, 0.25) is 0 Å². The Labute approximate surface area is 288 Å². The zero-order valence-electron chi connectivity index (χ0n) is 26.7. The second-order valence-corrected chi connectivity index (χ2v) is 12.2. The van der Waals surface area contributed by atoms with Crippen LogP contribution < -0.4 is 0 Å². The van der Waals surface area contributed by atoms with E-state index in [1.54, 1.807) is 0 Å². The minimum absolute atomic E-state index is 0.513. The molecule has 9 rings (SSSR count). The van der Waals surface area contributed by atoms with Gasteiger partial charge in [-0.25, -0.2) is 9.69 Å². The quantitative estimate of drug-likeness (QED) is 0.177. The van der Waals surface area contributed by atoms with Crippen LogP contribution in [0.4, 0.5) is 11.4 Å². The molecule has 0 atom stereocenters. The third-order valence-electron chi connectivity index (χ3n) is 9.62. The van der Waals surface area contributed by atoms with Gasteiger partial charge in [-0.2, -0.15) is 5.26 Å². The minimum atomic E-state index is 0.513. The molecular formula is C45H25N5. The third kappa shape index (κ3) is 4.24. The Kier molecular flexibility index (Phi) is 6.56. The van der Waals surface area contributed by atoms with Crippen LogP contribution in [0, 0.1) is 24.5 Å². The first-order chi connectivity index (χ1) is 24.7. The van der Waals surface area contributed by atoms with Gasteiger partial charge in [-0.05, 0) is 65.0 Å². The van der Waals surface area contributed by atoms with Crippen molar-refractivity contribution >= 4 is 55.0 Å². The predicted molar refractivity (Wildman–Crippen MR) is 203 cm³/mol. The Balaban J connectivity index is 1.33. The highest BCUT2D eigenvalue weighted by atomic mass is 15.0. The number of nitriles is 1. The zero-order valence-corrected chi connectivity index (χ0v) is 26.7. The van der Waals surface area contributed by atoms with Crippen molar-refractivity contribution in [1.29, 1.82) is 5.26 Å². The maximum Gasteiger partial charge on any atom is 0.188 e. The molecule has 0 aliphatic rings. The average Bonchev–Trinajstić information content (AvgIpc) is 3.69. The van der Waals surface area contributed by atoms with Crippen LogP contribution in [0.1, 0.15) is 5.56 Å². The van der Waals surface area contributed by atoms with Gasteiger partial charge in [0.1, 0.15) is 6.07 Å². The smallest absolute Gasteiger partial charge is 0.188 e. The molecule has 5 nitrogen and oxygen atoms in total. The highest BCUT2D eigenvalue weighted by Gasteiger charge is 2.22. The molecule has 0 N–H and O–H groups in total. The standard InChI is InChI=1S/C45H25N5/c1-47-29-22-24-32(31-16-11-21-44(39(31)28-46)49-40-17-7-3-12-33(40)34-13-4-8-18-41(34)49)37(26-29)35-14-5-9-19-42(35)50-43-20-10-6-15-36(43)38-27-30(48-2)23-25-45(38)50/h3-27H. The summed E-state index contributed by atoms with van der Waals surface area (Å²) in [5, 5.41) is 15.2. The number of para-hydroxylation sites is 4. The Morgan fingerprint density at radius 1 is 0.420 bits per heavy atom. The van der Waals surface area contributed by atoms with Crippen LogP contribution >= 0.6 is 0 Å². The fourth-order valence-corrected chi connectivity index (χ4v) is 7.50. The lowest BCUT2D eigenvalue weighted by atomic mass is 9.90. The fourth-order valence-electron chi connectivity index (χ4n) is 7.50. The lowest BCUT2D eigenvalue weighted by Crippen LogP contribution is -2.01. The van der Waals surface area contributed by atoms with Crippen LogP contribution in [0.15, 0.2) is 152 Å². The molecular weight excluding hydrogens is 611 g/mol. The normalized spacial score (nSPS) is 11.1. The Bertz CT molecular complexity index is 2920. The summed E-state index contributed by atoms with van der Waals surface area (Å²) in [7, 11) is 0. The molecule has 2 heterocycles. The molecule has 50 heavy (non-hydrogen) atoms. The molecule has 0 amide bonds. The van der Waals surface area contributed by atoms with Gasteiger partial charge in [0.05, 0.1) is 52.1 Å². The zero-order chi connectivity index (χ0) is 33.8. The minimum Gasteiger partial charge on any atom is -0.309 e. The monoisotopic (exact) mass is 635 g/mol. The Hall–Kier alpha value is -7.39. The molecule has 0 aliphatic heterocycles. The summed E-state index contributed by atoms with van der Waals surface area (Å²) in [5.41, 5.74) is 10.9. The average molecular weight is 636 g/mol. The predicted octanol–water partition coefficient (Wildman–Crippen LogP) is 12.2. The molecule has 0 spiro atoms. The first kappa shape index (κ1) is 28.8. The van der Waals surface area contributed by atoms with Crippen molar-refractivity contribution in [2.75, 3.05) is 0 Å². The van der Waals surface area contributed by atoms with E-state index in [0.717, 1.165) is 77.2 Å². The van der Waals surface area contributed by atoms with Crippen molar-refractivity contribution < 1.29 is 0 Å². The highest BCUT2D eigenvalue weighted by Crippen LogP contribution is 2.43. The number of rotatable bonds is 4. The van der Waals surface area contributed by atoms with E-state index in [4.69, 9.17) is 13.1 Å². The molecule has 0 radical (unpaired) electrons. The van der Waals surface area contributed by atoms with Gasteiger partial charge in [-0.3, -0.25) is 0 Å². The maximum absolute atomic E-state index is 10.9. The van der Waals surface area contributed by atoms with E-state index in [1.807, 2.05) is 103 Å². The van der Waals surface area contributed by atoms with Crippen molar-refractivity contribution in [3.63, 3.8) is 0 Å². The third-order valence-corrected chi connectivity index (χ3v) is 9.62. The number of nitrogens with zero attached hydrogens (tertiary/aromatic N) is 5. The molecule has 0 bridgehead atoms. The molecule has 0 saturated heterocycles. The summed E-state index contributed by atoms with van der Waals surface area (Å²) in [6.07, 6.45) is 0. The summed E-state index contributed by atoms with van der Waals surface area (Å²) < 4.78 is 4.42. The fraction of sp³-hybridized carbons (Fsp3) is 0. The van der Waals surface area contributed by atoms with E-state index in [1.165, 1.54) is 0 Å². The van der Waals surface area contributed by atoms with Gasteiger partial charge in [-0.1, -0.05) is 103 Å². The van der Waals surface area contributed by atoms with Crippen LogP contribution in [-0.4, -0.2) is 9.13 Å². The summed E-state index contributed by atoms with van der Waals surface area (Å²) >= 11 is 0. The van der Waals surface area contributed by atoms with Gasteiger partial charge in [0.2, 0.25) is 0 Å². The number of hydrogen-bond acceptors (Lipinski definition) is 1. The summed E-state index contributed by atoms with van der Waals surface area (Å²) in [6, 6.07) is 53.2. The topological polar surface area (TPSA) is 42.4 Å². The lowest BCUT2D eigenvalue weighted by molar-refractivity contribution is 1.17. The number of aromatic nitrogens is 2. The largest absolute Gasteiger partial charge is 0.309 e. The molecule has 0 saturated carbocycles. The van der Waals surface area contributed by atoms with Crippen molar-refractivity contribution in [1.82, 2.24) is 9.13 Å². The molecule has 7 aromatic carbocycles. The number of benzene rings is 7. The molecule has 0 unspecified atom stereocenters. The molecule has 9 aromatic rings. The van der Waals surface area contributed by atoms with Gasteiger partial charge >= 0.3 is 0 Å². The van der Waals surface area contributed by atoms with E-state index >= 15 is 0 Å². The number of fused-ring (bicyclic) bond motifs is 6. The van der Waals surface area contributed by atoms with Crippen molar-refractivity contribution in [3.8, 4) is 39.7 Å². The highest BCUT2D eigenvalue weighted by molar-refractivity contribution is 6.11. The number of hydrogen-bond donors (Lipinski definition) is 0. The Morgan fingerprint density at radius 2 is 0.920 bits per heavy atom. The van der Waals surface area contributed by atoms with E-state index in [0.29, 0.717) is 16.9 Å². The van der Waals surface area contributed by atoms with Gasteiger partial charge in [0, 0.05) is 27.3 Å². The SMILES string of the molecule is [C-]#[N+]c1ccc(-c2cccc(-n3c4ccccc4c4ccccc43)c2C#N)c(-c2ccccc2-n2c3ccccc3c3cc([N+]#[C-])ccc32)c1. The van der Waals surface area contributed by atoms with Crippen LogP contribution in [0.5, 0.6) is 0 Å². The summed E-state index contributed by atoms with van der Waals surface area (Å²) in [4.78, 5) is 7.52. The maximum atomic E-state index is 10.9. The van der Waals surface area contributed by atoms with Gasteiger partial charge in [-0.15, -0.1) is 0 Å². The van der Waals surface area contributed by atoms with E-state index in [2.05, 4.69) is 73.4 Å². The van der Waals surface area contributed by atoms with Gasteiger partial charge in [0.15, 0.2) is 11.4 Å². The van der Waals surface area contributed by atoms with Gasteiger partial charge in [0.25, 0.3) is 0 Å². The van der Waals surface area contributed by atoms with E-state index < -0.39 is 0 Å². The lowest BCUT2D eigenvalue weighted by Gasteiger charge is -2.19. The second kappa shape index (κ2) is 11.4. The first-order valence-corrected chi connectivity index (χ1v) is 16.2. The second-order valence-electron chi connectivity index (χ2n) is 12.2. The molecule has 0 aliphatic carbocycles. The van der Waals surface area contributed by atoms with Crippen molar-refractivity contribution in [3.05, 3.63) is 180 Å². The van der Waals surface area contributed by atoms with Crippen LogP contribution in [0.3, 0.4) is 0 Å². The first-order valence-electron chi connectivity index (χ1n) is 16.2.